The van der Waals surface area contributed by atoms with Crippen LogP contribution < -0.4 is 14.8 Å². The number of aliphatic carboxylic acids is 1. The molecule has 0 aliphatic heterocycles. The lowest BCUT2D eigenvalue weighted by molar-refractivity contribution is -0.137. The van der Waals surface area contributed by atoms with Crippen molar-refractivity contribution in [3.05, 3.63) is 112 Å². The average molecular weight is 586 g/mol. The van der Waals surface area contributed by atoms with Crippen LogP contribution in [0.2, 0.25) is 5.02 Å². The van der Waals surface area contributed by atoms with E-state index >= 15 is 0 Å². The second-order valence-electron chi connectivity index (χ2n) is 10.3. The molecular weight excluding hydrogens is 557 g/mol. The standard InChI is InChI=1S/C33H29ClFN3O4/c1-20(11-33(39)40)38-18-23-13-28(34)32(14-31(23)41-19-22-12-21(15-36)16-37-17-22)42-30-10-9-25-24(6-4-7-27(25)30)26-5-2-3-8-29(26)35/h2-8,12-14,16-17,20,30,38H,9-11,18-19H2,1H3,(H,39,40)/t20-,30+/m1/s1. The molecule has 0 saturated heterocycles. The molecule has 0 bridgehead atoms. The number of hydrogen-bond donors (Lipinski definition) is 2. The van der Waals surface area contributed by atoms with Crippen LogP contribution >= 0.6 is 11.6 Å². The summed E-state index contributed by atoms with van der Waals surface area (Å²) in [6.07, 6.45) is 4.23. The van der Waals surface area contributed by atoms with Crippen molar-refractivity contribution in [2.75, 3.05) is 0 Å². The number of nitriles is 1. The first kappa shape index (κ1) is 29.1. The average Bonchev–Trinajstić information content (AvgIpc) is 3.39. The molecule has 3 aromatic carbocycles. The number of carboxylic acids is 1. The van der Waals surface area contributed by atoms with E-state index in [1.807, 2.05) is 24.3 Å². The molecule has 0 spiro atoms. The SMILES string of the molecule is C[C@H](CC(=O)O)NCc1cc(Cl)c(O[C@H]2CCc3c(-c4ccccc4F)cccc32)cc1OCc1cncc(C#N)c1. The van der Waals surface area contributed by atoms with E-state index < -0.39 is 5.97 Å². The largest absolute Gasteiger partial charge is 0.488 e. The predicted molar refractivity (Wildman–Crippen MR) is 157 cm³/mol. The number of fused-ring (bicyclic) bond motifs is 1. The van der Waals surface area contributed by atoms with Crippen LogP contribution in [0, 0.1) is 17.1 Å². The zero-order valence-corrected chi connectivity index (χ0v) is 23.7. The van der Waals surface area contributed by atoms with Gasteiger partial charge in [-0.15, -0.1) is 0 Å². The van der Waals surface area contributed by atoms with Crippen LogP contribution in [0.4, 0.5) is 4.39 Å². The van der Waals surface area contributed by atoms with Gasteiger partial charge in [0.15, 0.2) is 0 Å². The molecule has 0 saturated carbocycles. The first-order chi connectivity index (χ1) is 20.3. The van der Waals surface area contributed by atoms with E-state index in [4.69, 9.17) is 26.2 Å². The van der Waals surface area contributed by atoms with Gasteiger partial charge < -0.3 is 19.9 Å². The van der Waals surface area contributed by atoms with Crippen molar-refractivity contribution in [2.45, 2.75) is 51.5 Å². The maximum Gasteiger partial charge on any atom is 0.304 e. The smallest absolute Gasteiger partial charge is 0.304 e. The normalized spacial score (nSPS) is 14.6. The van der Waals surface area contributed by atoms with Crippen molar-refractivity contribution in [3.8, 4) is 28.7 Å². The van der Waals surface area contributed by atoms with Crippen molar-refractivity contribution < 1.29 is 23.8 Å². The van der Waals surface area contributed by atoms with Gasteiger partial charge in [-0.3, -0.25) is 9.78 Å². The van der Waals surface area contributed by atoms with E-state index in [2.05, 4.69) is 16.4 Å². The quantitative estimate of drug-likeness (QED) is 0.195. The predicted octanol–water partition coefficient (Wildman–Crippen LogP) is 7.01. The van der Waals surface area contributed by atoms with Gasteiger partial charge >= 0.3 is 5.97 Å². The van der Waals surface area contributed by atoms with Crippen molar-refractivity contribution >= 4 is 17.6 Å². The Morgan fingerprint density at radius 3 is 2.76 bits per heavy atom. The highest BCUT2D eigenvalue weighted by atomic mass is 35.5. The van der Waals surface area contributed by atoms with Gasteiger partial charge in [0.05, 0.1) is 17.0 Å². The van der Waals surface area contributed by atoms with Crippen LogP contribution in [0.15, 0.2) is 73.1 Å². The Kier molecular flexibility index (Phi) is 9.01. The Bertz CT molecular complexity index is 1660. The van der Waals surface area contributed by atoms with E-state index in [9.17, 15) is 14.4 Å². The Hall–Kier alpha value is -4.45. The Morgan fingerprint density at radius 2 is 1.98 bits per heavy atom. The maximum absolute atomic E-state index is 14.6. The number of benzene rings is 3. The Balaban J connectivity index is 1.41. The number of ether oxygens (including phenoxy) is 2. The fourth-order valence-electron chi connectivity index (χ4n) is 5.17. The first-order valence-corrected chi connectivity index (χ1v) is 14.0. The number of rotatable bonds is 11. The molecule has 4 aromatic rings. The van der Waals surface area contributed by atoms with Crippen LogP contribution in [0.1, 0.15) is 53.7 Å². The minimum atomic E-state index is -0.895. The maximum atomic E-state index is 14.6. The van der Waals surface area contributed by atoms with Gasteiger partial charge in [-0.25, -0.2) is 4.39 Å². The van der Waals surface area contributed by atoms with E-state index in [0.717, 1.165) is 34.2 Å². The third kappa shape index (κ3) is 6.71. The van der Waals surface area contributed by atoms with E-state index in [1.165, 1.54) is 12.3 Å². The summed E-state index contributed by atoms with van der Waals surface area (Å²) in [5.74, 6) is -0.220. The second kappa shape index (κ2) is 13.0. The first-order valence-electron chi connectivity index (χ1n) is 13.6. The number of aromatic nitrogens is 1. The summed E-state index contributed by atoms with van der Waals surface area (Å²) < 4.78 is 27.2. The third-order valence-corrected chi connectivity index (χ3v) is 7.50. The Morgan fingerprint density at radius 1 is 1.17 bits per heavy atom. The summed E-state index contributed by atoms with van der Waals surface area (Å²) in [4.78, 5) is 15.2. The van der Waals surface area contributed by atoms with Gasteiger partial charge in [-0.05, 0) is 54.7 Å². The van der Waals surface area contributed by atoms with Crippen LogP contribution in [0.25, 0.3) is 11.1 Å². The molecular formula is C33H29ClFN3O4. The van der Waals surface area contributed by atoms with Crippen LogP contribution in [-0.4, -0.2) is 22.1 Å². The minimum absolute atomic E-state index is 0.0340. The topological polar surface area (TPSA) is 104 Å². The number of nitrogens with one attached hydrogen (secondary N) is 1. The summed E-state index contributed by atoms with van der Waals surface area (Å²) in [5, 5.41) is 21.9. The van der Waals surface area contributed by atoms with Gasteiger partial charge in [0, 0.05) is 47.7 Å². The van der Waals surface area contributed by atoms with Gasteiger partial charge in [-0.1, -0.05) is 48.0 Å². The summed E-state index contributed by atoms with van der Waals surface area (Å²) >= 11 is 6.71. The summed E-state index contributed by atoms with van der Waals surface area (Å²) in [6.45, 7) is 2.26. The molecule has 1 aliphatic carbocycles. The number of hydrogen-bond acceptors (Lipinski definition) is 6. The zero-order chi connectivity index (χ0) is 29.6. The molecule has 2 atom stereocenters. The van der Waals surface area contributed by atoms with Gasteiger partial charge in [0.25, 0.3) is 0 Å². The molecule has 214 valence electrons. The zero-order valence-electron chi connectivity index (χ0n) is 22.9. The summed E-state index contributed by atoms with van der Waals surface area (Å²) in [5.41, 5.74) is 5.33. The molecule has 1 aliphatic rings. The highest BCUT2D eigenvalue weighted by molar-refractivity contribution is 6.32. The molecule has 0 amide bonds. The lowest BCUT2D eigenvalue weighted by atomic mass is 9.96. The summed E-state index contributed by atoms with van der Waals surface area (Å²) in [6, 6.07) is 19.6. The lowest BCUT2D eigenvalue weighted by Crippen LogP contribution is -2.28. The molecule has 9 heteroatoms. The molecule has 0 radical (unpaired) electrons. The minimum Gasteiger partial charge on any atom is -0.488 e. The number of carbonyl (C=O) groups is 1. The fourth-order valence-corrected chi connectivity index (χ4v) is 5.40. The summed E-state index contributed by atoms with van der Waals surface area (Å²) in [7, 11) is 0. The highest BCUT2D eigenvalue weighted by Crippen LogP contribution is 2.43. The molecule has 42 heavy (non-hydrogen) atoms. The number of halogens is 2. The van der Waals surface area contributed by atoms with Crippen LogP contribution in [0.5, 0.6) is 11.5 Å². The van der Waals surface area contributed by atoms with E-state index in [-0.39, 0.29) is 31.0 Å². The van der Waals surface area contributed by atoms with Crippen molar-refractivity contribution in [1.29, 1.82) is 5.26 Å². The fraction of sp³-hybridized carbons (Fsp3) is 0.242. The molecule has 7 nitrogen and oxygen atoms in total. The van der Waals surface area contributed by atoms with Gasteiger partial charge in [-0.2, -0.15) is 5.26 Å². The van der Waals surface area contributed by atoms with Crippen LogP contribution in [-0.2, 0) is 24.4 Å². The molecule has 1 heterocycles. The second-order valence-corrected chi connectivity index (χ2v) is 10.7. The van der Waals surface area contributed by atoms with Crippen LogP contribution in [0.3, 0.4) is 0 Å². The molecule has 2 N–H and O–H groups in total. The monoisotopic (exact) mass is 585 g/mol. The van der Waals surface area contributed by atoms with E-state index in [1.54, 1.807) is 43.5 Å². The van der Waals surface area contributed by atoms with Crippen molar-refractivity contribution in [3.63, 3.8) is 0 Å². The number of carboxylic acid groups (broad SMARTS) is 1. The lowest BCUT2D eigenvalue weighted by Gasteiger charge is -2.20. The van der Waals surface area contributed by atoms with Gasteiger partial charge in [0.1, 0.15) is 36.1 Å². The molecule has 0 fully saturated rings. The number of nitrogens with zero attached hydrogens (tertiary/aromatic N) is 2. The molecule has 1 aromatic heterocycles. The highest BCUT2D eigenvalue weighted by Gasteiger charge is 2.28. The van der Waals surface area contributed by atoms with E-state index in [0.29, 0.717) is 40.6 Å². The van der Waals surface area contributed by atoms with Crippen molar-refractivity contribution in [1.82, 2.24) is 10.3 Å². The van der Waals surface area contributed by atoms with Gasteiger partial charge in [0.2, 0.25) is 0 Å². The Labute approximate surface area is 248 Å². The molecule has 5 rings (SSSR count). The third-order valence-electron chi connectivity index (χ3n) is 7.20. The molecule has 0 unspecified atom stereocenters. The van der Waals surface area contributed by atoms with Crippen molar-refractivity contribution in [2.24, 2.45) is 0 Å². The number of pyridine rings is 1.